The maximum atomic E-state index is 13.1. The molecule has 3 heterocycles. The van der Waals surface area contributed by atoms with Gasteiger partial charge in [-0.05, 0) is 53.8 Å². The molecular formula is C26H27N3O2. The average molecular weight is 414 g/mol. The van der Waals surface area contributed by atoms with E-state index >= 15 is 0 Å². The van der Waals surface area contributed by atoms with Crippen LogP contribution in [0.4, 0.5) is 5.69 Å². The van der Waals surface area contributed by atoms with Crippen molar-refractivity contribution in [3.8, 4) is 11.3 Å². The van der Waals surface area contributed by atoms with E-state index in [4.69, 9.17) is 0 Å². The molecule has 0 saturated carbocycles. The zero-order valence-electron chi connectivity index (χ0n) is 18.0. The van der Waals surface area contributed by atoms with Crippen molar-refractivity contribution in [2.45, 2.75) is 33.4 Å². The minimum atomic E-state index is 0.0319. The minimum absolute atomic E-state index is 0.0319. The predicted molar refractivity (Wildman–Crippen MR) is 122 cm³/mol. The van der Waals surface area contributed by atoms with E-state index in [1.165, 1.54) is 0 Å². The van der Waals surface area contributed by atoms with Gasteiger partial charge in [-0.2, -0.15) is 0 Å². The molecule has 0 fully saturated rings. The molecule has 31 heavy (non-hydrogen) atoms. The molecule has 2 aromatic carbocycles. The molecule has 0 aliphatic carbocycles. The lowest BCUT2D eigenvalue weighted by Crippen LogP contribution is -2.41. The number of benzene rings is 2. The second-order valence-electron chi connectivity index (χ2n) is 8.83. The number of hydrogen-bond acceptors (Lipinski definition) is 2. The van der Waals surface area contributed by atoms with E-state index in [0.717, 1.165) is 59.8 Å². The van der Waals surface area contributed by atoms with Crippen molar-refractivity contribution in [3.63, 3.8) is 0 Å². The number of carbonyl (C=O) groups excluding carboxylic acids is 2. The van der Waals surface area contributed by atoms with Gasteiger partial charge in [0.2, 0.25) is 0 Å². The highest BCUT2D eigenvalue weighted by molar-refractivity contribution is 6.10. The van der Waals surface area contributed by atoms with Crippen LogP contribution in [0.15, 0.2) is 60.7 Å². The first-order chi connectivity index (χ1) is 15.0. The van der Waals surface area contributed by atoms with E-state index in [2.05, 4.69) is 24.5 Å². The average Bonchev–Trinajstić information content (AvgIpc) is 3.35. The van der Waals surface area contributed by atoms with Gasteiger partial charge in [-0.15, -0.1) is 0 Å². The number of aromatic nitrogens is 1. The lowest BCUT2D eigenvalue weighted by Gasteiger charge is -2.30. The molecule has 0 N–H and O–H groups in total. The van der Waals surface area contributed by atoms with Crippen LogP contribution in [-0.2, 0) is 13.1 Å². The van der Waals surface area contributed by atoms with E-state index in [9.17, 15) is 9.59 Å². The van der Waals surface area contributed by atoms with Crippen LogP contribution < -0.4 is 4.90 Å². The van der Waals surface area contributed by atoms with Gasteiger partial charge in [0.25, 0.3) is 11.8 Å². The highest BCUT2D eigenvalue weighted by Gasteiger charge is 2.30. The fourth-order valence-corrected chi connectivity index (χ4v) is 4.54. The Balaban J connectivity index is 1.42. The fraction of sp³-hybridized carbons (Fsp3) is 0.308. The van der Waals surface area contributed by atoms with Gasteiger partial charge in [0.05, 0.1) is 6.54 Å². The Morgan fingerprint density at radius 1 is 0.871 bits per heavy atom. The molecule has 0 spiro atoms. The molecule has 3 aromatic rings. The second-order valence-corrected chi connectivity index (χ2v) is 8.83. The van der Waals surface area contributed by atoms with E-state index in [1.54, 1.807) is 0 Å². The quantitative estimate of drug-likeness (QED) is 0.602. The molecule has 0 bridgehead atoms. The van der Waals surface area contributed by atoms with Gasteiger partial charge in [0, 0.05) is 36.6 Å². The fourth-order valence-electron chi connectivity index (χ4n) is 4.54. The van der Waals surface area contributed by atoms with Gasteiger partial charge in [0.15, 0.2) is 0 Å². The summed E-state index contributed by atoms with van der Waals surface area (Å²) in [5.41, 5.74) is 5.43. The largest absolute Gasteiger partial charge is 0.336 e. The Bertz CT molecular complexity index is 1150. The van der Waals surface area contributed by atoms with E-state index in [-0.39, 0.29) is 11.8 Å². The van der Waals surface area contributed by atoms with Crippen LogP contribution in [-0.4, -0.2) is 34.4 Å². The Morgan fingerprint density at radius 2 is 1.65 bits per heavy atom. The third kappa shape index (κ3) is 3.44. The van der Waals surface area contributed by atoms with Gasteiger partial charge in [0.1, 0.15) is 5.69 Å². The van der Waals surface area contributed by atoms with E-state index in [0.29, 0.717) is 12.5 Å². The van der Waals surface area contributed by atoms with Crippen molar-refractivity contribution in [2.75, 3.05) is 18.0 Å². The van der Waals surface area contributed by atoms with Crippen molar-refractivity contribution >= 4 is 17.5 Å². The summed E-state index contributed by atoms with van der Waals surface area (Å²) >= 11 is 0. The smallest absolute Gasteiger partial charge is 0.270 e. The van der Waals surface area contributed by atoms with Crippen LogP contribution >= 0.6 is 0 Å². The Kier molecular flexibility index (Phi) is 4.89. The third-order valence-corrected chi connectivity index (χ3v) is 6.33. The topological polar surface area (TPSA) is 45.6 Å². The van der Waals surface area contributed by atoms with Crippen molar-refractivity contribution in [3.05, 3.63) is 77.5 Å². The number of carbonyl (C=O) groups is 2. The minimum Gasteiger partial charge on any atom is -0.336 e. The zero-order chi connectivity index (χ0) is 21.5. The van der Waals surface area contributed by atoms with Crippen LogP contribution in [0, 0.1) is 5.92 Å². The molecule has 2 amide bonds. The van der Waals surface area contributed by atoms with Crippen LogP contribution in [0.1, 0.15) is 46.7 Å². The second kappa shape index (κ2) is 7.73. The SMILES string of the molecule is CC(C)CCN1CCn2c(ccc2-c2ccc3c(c2)C(=O)N(c2ccccc2)C3)C1=O. The molecule has 2 aliphatic heterocycles. The van der Waals surface area contributed by atoms with Gasteiger partial charge in [-0.1, -0.05) is 44.2 Å². The van der Waals surface area contributed by atoms with Gasteiger partial charge in [-0.3, -0.25) is 9.59 Å². The number of para-hydroxylation sites is 1. The number of rotatable bonds is 5. The Hall–Kier alpha value is -3.34. The molecule has 2 aliphatic rings. The van der Waals surface area contributed by atoms with Crippen molar-refractivity contribution in [2.24, 2.45) is 5.92 Å². The monoisotopic (exact) mass is 413 g/mol. The summed E-state index contributed by atoms with van der Waals surface area (Å²) in [6, 6.07) is 19.8. The van der Waals surface area contributed by atoms with Crippen LogP contribution in [0.3, 0.4) is 0 Å². The molecule has 0 unspecified atom stereocenters. The summed E-state index contributed by atoms with van der Waals surface area (Å²) in [6.45, 7) is 7.27. The standard InChI is InChI=1S/C26H27N3O2/c1-18(2)12-13-27-14-15-28-23(10-11-24(28)26(27)31)19-8-9-20-17-29(25(30)22(20)16-19)21-6-4-3-5-7-21/h3-11,16,18H,12-15,17H2,1-2H3. The summed E-state index contributed by atoms with van der Waals surface area (Å²) in [5, 5.41) is 0. The van der Waals surface area contributed by atoms with Gasteiger partial charge >= 0.3 is 0 Å². The highest BCUT2D eigenvalue weighted by Crippen LogP contribution is 2.33. The van der Waals surface area contributed by atoms with Crippen LogP contribution in [0.2, 0.25) is 0 Å². The van der Waals surface area contributed by atoms with Gasteiger partial charge < -0.3 is 14.4 Å². The molecule has 0 atom stereocenters. The van der Waals surface area contributed by atoms with Crippen LogP contribution in [0.25, 0.3) is 11.3 Å². The first-order valence-corrected chi connectivity index (χ1v) is 11.0. The third-order valence-electron chi connectivity index (χ3n) is 6.33. The lowest BCUT2D eigenvalue weighted by atomic mass is 10.0. The normalized spacial score (nSPS) is 15.6. The highest BCUT2D eigenvalue weighted by atomic mass is 16.2. The first-order valence-electron chi connectivity index (χ1n) is 11.0. The number of amides is 2. The summed E-state index contributed by atoms with van der Waals surface area (Å²) in [7, 11) is 0. The molecule has 0 saturated heterocycles. The van der Waals surface area contributed by atoms with Crippen LogP contribution in [0.5, 0.6) is 0 Å². The molecule has 5 nitrogen and oxygen atoms in total. The summed E-state index contributed by atoms with van der Waals surface area (Å²) in [6.07, 6.45) is 1.02. The molecule has 158 valence electrons. The van der Waals surface area contributed by atoms with Crippen molar-refractivity contribution in [1.29, 1.82) is 0 Å². The molecule has 0 radical (unpaired) electrons. The molecule has 5 heteroatoms. The first kappa shape index (κ1) is 19.6. The number of fused-ring (bicyclic) bond motifs is 2. The molecule has 5 rings (SSSR count). The van der Waals surface area contributed by atoms with Crippen molar-refractivity contribution in [1.82, 2.24) is 9.47 Å². The zero-order valence-corrected chi connectivity index (χ0v) is 18.0. The van der Waals surface area contributed by atoms with Gasteiger partial charge in [-0.25, -0.2) is 0 Å². The Morgan fingerprint density at radius 3 is 2.42 bits per heavy atom. The maximum absolute atomic E-state index is 13.1. The number of hydrogen-bond donors (Lipinski definition) is 0. The molecular weight excluding hydrogens is 386 g/mol. The summed E-state index contributed by atoms with van der Waals surface area (Å²) in [5.74, 6) is 0.714. The summed E-state index contributed by atoms with van der Waals surface area (Å²) in [4.78, 5) is 29.8. The maximum Gasteiger partial charge on any atom is 0.270 e. The van der Waals surface area contributed by atoms with E-state index < -0.39 is 0 Å². The lowest BCUT2D eigenvalue weighted by molar-refractivity contribution is 0.0697. The predicted octanol–water partition coefficient (Wildman–Crippen LogP) is 4.82. The van der Waals surface area contributed by atoms with E-state index in [1.807, 2.05) is 64.4 Å². The number of nitrogens with zero attached hydrogens (tertiary/aromatic N) is 3. The van der Waals surface area contributed by atoms with Crippen molar-refractivity contribution < 1.29 is 9.59 Å². The number of anilines is 1. The summed E-state index contributed by atoms with van der Waals surface area (Å²) < 4.78 is 2.10. The molecule has 1 aromatic heterocycles. The Labute approximate surface area is 182 Å².